The third kappa shape index (κ3) is 3.76. The monoisotopic (exact) mass is 298 g/mol. The van der Waals surface area contributed by atoms with Gasteiger partial charge in [0.05, 0.1) is 12.7 Å². The van der Waals surface area contributed by atoms with Crippen LogP contribution in [0.4, 0.5) is 0 Å². The Kier molecular flexibility index (Phi) is 6.20. The summed E-state index contributed by atoms with van der Waals surface area (Å²) >= 11 is 0. The number of ether oxygens (including phenoxy) is 1. The summed E-state index contributed by atoms with van der Waals surface area (Å²) in [6.07, 6.45) is 1.58. The van der Waals surface area contributed by atoms with Crippen molar-refractivity contribution in [1.82, 2.24) is 10.2 Å². The van der Waals surface area contributed by atoms with Crippen LogP contribution in [0.5, 0.6) is 0 Å². The van der Waals surface area contributed by atoms with Gasteiger partial charge in [0.2, 0.25) is 11.8 Å². The molecule has 0 aromatic heterocycles. The topological polar surface area (TPSA) is 58.6 Å². The molecule has 3 atom stereocenters. The van der Waals surface area contributed by atoms with Gasteiger partial charge < -0.3 is 15.0 Å². The van der Waals surface area contributed by atoms with Crippen molar-refractivity contribution in [3.05, 3.63) is 0 Å². The average molecular weight is 298 g/mol. The van der Waals surface area contributed by atoms with Crippen LogP contribution in [0.3, 0.4) is 0 Å². The third-order valence-corrected chi connectivity index (χ3v) is 4.57. The second kappa shape index (κ2) is 7.25. The first-order valence-corrected chi connectivity index (χ1v) is 8.01. The molecule has 0 bridgehead atoms. The van der Waals surface area contributed by atoms with Gasteiger partial charge in [0.15, 0.2) is 0 Å². The molecule has 21 heavy (non-hydrogen) atoms. The summed E-state index contributed by atoms with van der Waals surface area (Å²) in [5, 5.41) is 2.92. The number of carbonyl (C=O) groups excluding carboxylic acids is 2. The number of nitrogens with one attached hydrogen (secondary N) is 1. The van der Waals surface area contributed by atoms with Crippen molar-refractivity contribution in [2.24, 2.45) is 5.92 Å². The van der Waals surface area contributed by atoms with Crippen LogP contribution in [0, 0.1) is 5.92 Å². The van der Waals surface area contributed by atoms with Crippen LogP contribution in [0.1, 0.15) is 54.4 Å². The quantitative estimate of drug-likeness (QED) is 0.781. The first-order valence-electron chi connectivity index (χ1n) is 8.01. The molecule has 1 aliphatic rings. The van der Waals surface area contributed by atoms with Crippen LogP contribution in [-0.2, 0) is 14.3 Å². The smallest absolute Gasteiger partial charge is 0.246 e. The molecule has 1 fully saturated rings. The van der Waals surface area contributed by atoms with Crippen LogP contribution in [0.2, 0.25) is 0 Å². The average Bonchev–Trinajstić information content (AvgIpc) is 2.45. The van der Waals surface area contributed by atoms with Crippen molar-refractivity contribution >= 4 is 11.8 Å². The van der Waals surface area contributed by atoms with E-state index in [-0.39, 0.29) is 23.8 Å². The predicted molar refractivity (Wildman–Crippen MR) is 82.9 cm³/mol. The van der Waals surface area contributed by atoms with Gasteiger partial charge in [-0.25, -0.2) is 0 Å². The second-order valence-corrected chi connectivity index (χ2v) is 6.37. The molecule has 0 aliphatic carbocycles. The van der Waals surface area contributed by atoms with E-state index in [1.54, 1.807) is 4.90 Å². The lowest BCUT2D eigenvalue weighted by atomic mass is 9.86. The van der Waals surface area contributed by atoms with Crippen LogP contribution in [0.15, 0.2) is 0 Å². The third-order valence-electron chi connectivity index (χ3n) is 4.57. The number of rotatable bonds is 7. The molecule has 1 aliphatic heterocycles. The Labute approximate surface area is 128 Å². The van der Waals surface area contributed by atoms with E-state index >= 15 is 0 Å². The fraction of sp³-hybridized carbons (Fsp3) is 0.875. The Balaban J connectivity index is 2.93. The highest BCUT2D eigenvalue weighted by Crippen LogP contribution is 2.27. The normalized spacial score (nSPS) is 28.0. The Morgan fingerprint density at radius 2 is 1.90 bits per heavy atom. The largest absolute Gasteiger partial charge is 0.377 e. The Morgan fingerprint density at radius 3 is 2.38 bits per heavy atom. The van der Waals surface area contributed by atoms with E-state index in [1.165, 1.54) is 0 Å². The molecular weight excluding hydrogens is 268 g/mol. The molecule has 2 amide bonds. The molecular formula is C16H30N2O3. The fourth-order valence-electron chi connectivity index (χ4n) is 2.60. The van der Waals surface area contributed by atoms with Gasteiger partial charge in [0.1, 0.15) is 11.6 Å². The number of hydrogen-bond acceptors (Lipinski definition) is 3. The lowest BCUT2D eigenvalue weighted by Crippen LogP contribution is -2.70. The molecule has 0 aromatic carbocycles. The predicted octanol–water partition coefficient (Wildman–Crippen LogP) is 1.95. The minimum atomic E-state index is -0.776. The summed E-state index contributed by atoms with van der Waals surface area (Å²) in [4.78, 5) is 27.0. The Bertz CT molecular complexity index is 384. The van der Waals surface area contributed by atoms with Gasteiger partial charge in [-0.1, -0.05) is 27.2 Å². The number of carbonyl (C=O) groups is 2. The molecule has 1 saturated heterocycles. The molecule has 1 N–H and O–H groups in total. The minimum absolute atomic E-state index is 0.0145. The lowest BCUT2D eigenvalue weighted by molar-refractivity contribution is -0.159. The molecule has 3 unspecified atom stereocenters. The molecule has 0 spiro atoms. The molecule has 0 saturated carbocycles. The summed E-state index contributed by atoms with van der Waals surface area (Å²) in [5.41, 5.74) is -0.776. The first-order chi connectivity index (χ1) is 9.77. The number of amides is 2. The number of nitrogens with zero attached hydrogens (tertiary/aromatic N) is 1. The van der Waals surface area contributed by atoms with E-state index in [9.17, 15) is 9.59 Å². The molecule has 1 heterocycles. The number of hydrogen-bond donors (Lipinski definition) is 1. The maximum atomic E-state index is 12.8. The molecule has 0 aromatic rings. The summed E-state index contributed by atoms with van der Waals surface area (Å²) in [6.45, 7) is 12.7. The van der Waals surface area contributed by atoms with Crippen molar-refractivity contribution in [3.8, 4) is 0 Å². The van der Waals surface area contributed by atoms with E-state index in [0.29, 0.717) is 19.6 Å². The van der Waals surface area contributed by atoms with Crippen LogP contribution >= 0.6 is 0 Å². The number of piperazine rings is 1. The van der Waals surface area contributed by atoms with E-state index in [1.807, 2.05) is 41.5 Å². The first kappa shape index (κ1) is 18.0. The molecule has 0 radical (unpaired) electrons. The Morgan fingerprint density at radius 1 is 1.29 bits per heavy atom. The van der Waals surface area contributed by atoms with Gasteiger partial charge >= 0.3 is 0 Å². The van der Waals surface area contributed by atoms with E-state index < -0.39 is 11.6 Å². The van der Waals surface area contributed by atoms with Gasteiger partial charge in [0, 0.05) is 6.54 Å². The van der Waals surface area contributed by atoms with Crippen LogP contribution in [0.25, 0.3) is 0 Å². The molecule has 1 rings (SSSR count). The van der Waals surface area contributed by atoms with Gasteiger partial charge in [0.25, 0.3) is 0 Å². The van der Waals surface area contributed by atoms with Crippen LogP contribution < -0.4 is 5.32 Å². The highest BCUT2D eigenvalue weighted by Gasteiger charge is 2.48. The maximum Gasteiger partial charge on any atom is 0.246 e. The van der Waals surface area contributed by atoms with Crippen molar-refractivity contribution in [2.45, 2.75) is 72.1 Å². The zero-order valence-electron chi connectivity index (χ0n) is 14.2. The molecule has 5 heteroatoms. The van der Waals surface area contributed by atoms with Crippen molar-refractivity contribution in [2.75, 3.05) is 13.2 Å². The van der Waals surface area contributed by atoms with E-state index in [0.717, 1.165) is 6.42 Å². The molecule has 122 valence electrons. The Hall–Kier alpha value is -1.10. The van der Waals surface area contributed by atoms with E-state index in [2.05, 4.69) is 5.32 Å². The van der Waals surface area contributed by atoms with Gasteiger partial charge in [-0.2, -0.15) is 0 Å². The van der Waals surface area contributed by atoms with E-state index in [4.69, 9.17) is 4.74 Å². The summed E-state index contributed by atoms with van der Waals surface area (Å²) in [6, 6.07) is -0.416. The fourth-order valence-corrected chi connectivity index (χ4v) is 2.60. The minimum Gasteiger partial charge on any atom is -0.377 e. The highest BCUT2D eigenvalue weighted by atomic mass is 16.5. The summed E-state index contributed by atoms with van der Waals surface area (Å²) in [5.74, 6) is 0.0940. The van der Waals surface area contributed by atoms with Crippen molar-refractivity contribution < 1.29 is 14.3 Å². The van der Waals surface area contributed by atoms with Crippen molar-refractivity contribution in [3.63, 3.8) is 0 Å². The van der Waals surface area contributed by atoms with Gasteiger partial charge in [-0.05, 0) is 33.1 Å². The van der Waals surface area contributed by atoms with Gasteiger partial charge in [-0.3, -0.25) is 9.59 Å². The van der Waals surface area contributed by atoms with Crippen molar-refractivity contribution in [1.29, 1.82) is 0 Å². The maximum absolute atomic E-state index is 12.8. The molecule has 5 nitrogen and oxygen atoms in total. The van der Waals surface area contributed by atoms with Gasteiger partial charge in [-0.15, -0.1) is 0 Å². The summed E-state index contributed by atoms with van der Waals surface area (Å²) in [7, 11) is 0. The zero-order valence-corrected chi connectivity index (χ0v) is 14.2. The SMILES string of the molecule is CCC(C)C1NC(=O)C(C)(CC)N(CCOC(C)C)C1=O. The summed E-state index contributed by atoms with van der Waals surface area (Å²) < 4.78 is 5.56. The highest BCUT2D eigenvalue weighted by molar-refractivity contribution is 5.99. The standard InChI is InChI=1S/C16H30N2O3/c1-7-12(5)13-14(19)18(9-10-21-11(3)4)16(6,8-2)15(20)17-13/h11-13H,7-10H2,1-6H3,(H,17,20). The zero-order chi connectivity index (χ0) is 16.2. The van der Waals surface area contributed by atoms with Crippen LogP contribution in [-0.4, -0.2) is 47.6 Å². The second-order valence-electron chi connectivity index (χ2n) is 6.37. The lowest BCUT2D eigenvalue weighted by Gasteiger charge is -2.47.